The topological polar surface area (TPSA) is 85.6 Å². The Kier molecular flexibility index (Phi) is 4.98. The third-order valence-corrected chi connectivity index (χ3v) is 3.90. The minimum Gasteiger partial charge on any atom is -0.497 e. The SMILES string of the molecule is COc1ccc(Nc2cccc(NC(=O)[C@@H]3OCC[C@@H]3N)c2)cc1. The van der Waals surface area contributed by atoms with Crippen LogP contribution in [0.3, 0.4) is 0 Å². The van der Waals surface area contributed by atoms with Gasteiger partial charge in [0, 0.05) is 29.7 Å². The van der Waals surface area contributed by atoms with Crippen LogP contribution in [0.2, 0.25) is 0 Å². The van der Waals surface area contributed by atoms with Crippen molar-refractivity contribution in [2.24, 2.45) is 5.73 Å². The summed E-state index contributed by atoms with van der Waals surface area (Å²) in [6.45, 7) is 0.526. The van der Waals surface area contributed by atoms with Crippen LogP contribution in [0.5, 0.6) is 5.75 Å². The number of hydrogen-bond acceptors (Lipinski definition) is 5. The lowest BCUT2D eigenvalue weighted by atomic mass is 10.1. The number of amides is 1. The molecule has 0 spiro atoms. The molecule has 1 heterocycles. The number of benzene rings is 2. The van der Waals surface area contributed by atoms with Gasteiger partial charge in [0.2, 0.25) is 0 Å². The smallest absolute Gasteiger partial charge is 0.255 e. The zero-order valence-electron chi connectivity index (χ0n) is 13.5. The maximum atomic E-state index is 12.2. The van der Waals surface area contributed by atoms with Crippen LogP contribution < -0.4 is 21.1 Å². The highest BCUT2D eigenvalue weighted by atomic mass is 16.5. The lowest BCUT2D eigenvalue weighted by Gasteiger charge is -2.15. The Morgan fingerprint density at radius 2 is 1.92 bits per heavy atom. The van der Waals surface area contributed by atoms with Crippen molar-refractivity contribution >= 4 is 23.0 Å². The number of nitrogens with one attached hydrogen (secondary N) is 2. The van der Waals surface area contributed by atoms with Crippen molar-refractivity contribution in [1.29, 1.82) is 0 Å². The Balaban J connectivity index is 1.66. The number of ether oxygens (including phenoxy) is 2. The molecule has 3 rings (SSSR count). The molecule has 0 radical (unpaired) electrons. The van der Waals surface area contributed by atoms with Gasteiger partial charge in [0.25, 0.3) is 5.91 Å². The van der Waals surface area contributed by atoms with E-state index >= 15 is 0 Å². The summed E-state index contributed by atoms with van der Waals surface area (Å²) in [5.74, 6) is 0.594. The maximum absolute atomic E-state index is 12.2. The van der Waals surface area contributed by atoms with Gasteiger partial charge in [-0.1, -0.05) is 6.07 Å². The minimum absolute atomic E-state index is 0.207. The van der Waals surface area contributed by atoms with E-state index in [1.807, 2.05) is 48.5 Å². The number of rotatable bonds is 5. The molecule has 1 fully saturated rings. The number of hydrogen-bond donors (Lipinski definition) is 3. The molecule has 6 heteroatoms. The Labute approximate surface area is 141 Å². The first-order chi connectivity index (χ1) is 11.7. The molecule has 1 amide bonds. The van der Waals surface area contributed by atoms with Crippen molar-refractivity contribution in [3.8, 4) is 5.75 Å². The summed E-state index contributed by atoms with van der Waals surface area (Å²) in [5.41, 5.74) is 8.38. The van der Waals surface area contributed by atoms with Gasteiger partial charge < -0.3 is 25.8 Å². The summed E-state index contributed by atoms with van der Waals surface area (Å²) in [6.07, 6.45) is 0.125. The van der Waals surface area contributed by atoms with Crippen molar-refractivity contribution in [3.05, 3.63) is 48.5 Å². The Morgan fingerprint density at radius 1 is 1.17 bits per heavy atom. The number of carbonyl (C=O) groups is 1. The summed E-state index contributed by atoms with van der Waals surface area (Å²) in [7, 11) is 1.63. The Hall–Kier alpha value is -2.57. The largest absolute Gasteiger partial charge is 0.497 e. The first-order valence-corrected chi connectivity index (χ1v) is 7.85. The number of anilines is 3. The molecule has 2 atom stereocenters. The van der Waals surface area contributed by atoms with Crippen molar-refractivity contribution in [3.63, 3.8) is 0 Å². The predicted molar refractivity (Wildman–Crippen MR) is 93.7 cm³/mol. The lowest BCUT2D eigenvalue weighted by Crippen LogP contribution is -2.40. The predicted octanol–water partition coefficient (Wildman–Crippen LogP) is 2.49. The summed E-state index contributed by atoms with van der Waals surface area (Å²) in [4.78, 5) is 12.2. The van der Waals surface area contributed by atoms with Gasteiger partial charge in [-0.05, 0) is 48.9 Å². The van der Waals surface area contributed by atoms with Crippen LogP contribution in [0.25, 0.3) is 0 Å². The van der Waals surface area contributed by atoms with Gasteiger partial charge in [-0.25, -0.2) is 0 Å². The van der Waals surface area contributed by atoms with E-state index in [9.17, 15) is 4.79 Å². The second-order valence-electron chi connectivity index (χ2n) is 5.67. The second-order valence-corrected chi connectivity index (χ2v) is 5.67. The van der Waals surface area contributed by atoms with E-state index < -0.39 is 6.10 Å². The van der Waals surface area contributed by atoms with E-state index in [-0.39, 0.29) is 11.9 Å². The number of methoxy groups -OCH3 is 1. The highest BCUT2D eigenvalue weighted by Crippen LogP contribution is 2.23. The molecule has 1 saturated heterocycles. The van der Waals surface area contributed by atoms with Gasteiger partial charge in [0.1, 0.15) is 5.75 Å². The number of carbonyl (C=O) groups excluding carboxylic acids is 1. The molecule has 4 N–H and O–H groups in total. The van der Waals surface area contributed by atoms with Gasteiger partial charge in [-0.15, -0.1) is 0 Å². The van der Waals surface area contributed by atoms with Gasteiger partial charge in [-0.3, -0.25) is 4.79 Å². The molecule has 0 bridgehead atoms. The molecule has 0 saturated carbocycles. The Morgan fingerprint density at radius 3 is 2.58 bits per heavy atom. The highest BCUT2D eigenvalue weighted by Gasteiger charge is 2.31. The zero-order chi connectivity index (χ0) is 16.9. The van der Waals surface area contributed by atoms with Crippen LogP contribution >= 0.6 is 0 Å². The van der Waals surface area contributed by atoms with Crippen LogP contribution in [-0.4, -0.2) is 31.8 Å². The van der Waals surface area contributed by atoms with E-state index in [1.165, 1.54) is 0 Å². The molecular weight excluding hydrogens is 306 g/mol. The fourth-order valence-electron chi connectivity index (χ4n) is 2.61. The van der Waals surface area contributed by atoms with Gasteiger partial charge in [-0.2, -0.15) is 0 Å². The normalized spacial score (nSPS) is 19.8. The van der Waals surface area contributed by atoms with Crippen LogP contribution in [0.15, 0.2) is 48.5 Å². The van der Waals surface area contributed by atoms with Crippen LogP contribution in [0.1, 0.15) is 6.42 Å². The molecule has 0 unspecified atom stereocenters. The minimum atomic E-state index is -0.580. The zero-order valence-corrected chi connectivity index (χ0v) is 13.5. The molecule has 1 aliphatic rings. The van der Waals surface area contributed by atoms with E-state index in [0.717, 1.165) is 17.1 Å². The molecule has 6 nitrogen and oxygen atoms in total. The molecule has 1 aliphatic heterocycles. The van der Waals surface area contributed by atoms with Crippen LogP contribution in [0, 0.1) is 0 Å². The average molecular weight is 327 g/mol. The van der Waals surface area contributed by atoms with Crippen molar-refractivity contribution in [2.75, 3.05) is 24.4 Å². The molecule has 2 aromatic carbocycles. The van der Waals surface area contributed by atoms with Gasteiger partial charge in [0.15, 0.2) is 6.10 Å². The fourth-order valence-corrected chi connectivity index (χ4v) is 2.61. The first kappa shape index (κ1) is 16.3. The van der Waals surface area contributed by atoms with Gasteiger partial charge >= 0.3 is 0 Å². The quantitative estimate of drug-likeness (QED) is 0.785. The standard InChI is InChI=1S/C18H21N3O3/c1-23-15-7-5-12(6-8-15)20-13-3-2-4-14(11-13)21-18(22)17-16(19)9-10-24-17/h2-8,11,16-17,20H,9-10,19H2,1H3,(H,21,22)/t16-,17+/m0/s1. The molecule has 24 heavy (non-hydrogen) atoms. The van der Waals surface area contributed by atoms with E-state index in [2.05, 4.69) is 10.6 Å². The second kappa shape index (κ2) is 7.33. The van der Waals surface area contributed by atoms with Gasteiger partial charge in [0.05, 0.1) is 7.11 Å². The Bertz CT molecular complexity index is 703. The third-order valence-electron chi connectivity index (χ3n) is 3.90. The summed E-state index contributed by atoms with van der Waals surface area (Å²) < 4.78 is 10.5. The van der Waals surface area contributed by atoms with Crippen LogP contribution in [-0.2, 0) is 9.53 Å². The molecule has 0 aromatic heterocycles. The fraction of sp³-hybridized carbons (Fsp3) is 0.278. The first-order valence-electron chi connectivity index (χ1n) is 7.85. The molecule has 0 aliphatic carbocycles. The third kappa shape index (κ3) is 3.84. The van der Waals surface area contributed by atoms with E-state index in [4.69, 9.17) is 15.2 Å². The lowest BCUT2D eigenvalue weighted by molar-refractivity contribution is -0.125. The van der Waals surface area contributed by atoms with E-state index in [0.29, 0.717) is 18.7 Å². The van der Waals surface area contributed by atoms with E-state index in [1.54, 1.807) is 7.11 Å². The van der Waals surface area contributed by atoms with Crippen molar-refractivity contribution in [1.82, 2.24) is 0 Å². The molecular formula is C18H21N3O3. The summed E-state index contributed by atoms with van der Waals surface area (Å²) in [6, 6.07) is 14.9. The summed E-state index contributed by atoms with van der Waals surface area (Å²) >= 11 is 0. The maximum Gasteiger partial charge on any atom is 0.255 e. The molecule has 2 aromatic rings. The van der Waals surface area contributed by atoms with Crippen molar-refractivity contribution in [2.45, 2.75) is 18.6 Å². The summed E-state index contributed by atoms with van der Waals surface area (Å²) in [5, 5.41) is 6.14. The molecule has 126 valence electrons. The monoisotopic (exact) mass is 327 g/mol. The number of nitrogens with two attached hydrogens (primary N) is 1. The van der Waals surface area contributed by atoms with Crippen molar-refractivity contribution < 1.29 is 14.3 Å². The average Bonchev–Trinajstić information content (AvgIpc) is 3.02. The highest BCUT2D eigenvalue weighted by molar-refractivity contribution is 5.95. The van der Waals surface area contributed by atoms with Crippen LogP contribution in [0.4, 0.5) is 17.1 Å².